The van der Waals surface area contributed by atoms with Crippen LogP contribution in [-0.2, 0) is 5.54 Å². The number of benzene rings is 1. The van der Waals surface area contributed by atoms with E-state index >= 15 is 0 Å². The molecule has 0 radical (unpaired) electrons. The average Bonchev–Trinajstić information content (AvgIpc) is 2.17. The molecule has 0 spiro atoms. The highest BCUT2D eigenvalue weighted by Crippen LogP contribution is 2.45. The number of hydrogen-bond donors (Lipinski definition) is 1. The first kappa shape index (κ1) is 11.2. The van der Waals surface area contributed by atoms with E-state index in [9.17, 15) is 0 Å². The van der Waals surface area contributed by atoms with Crippen LogP contribution in [-0.4, -0.2) is 7.11 Å². The molecule has 1 aliphatic rings. The summed E-state index contributed by atoms with van der Waals surface area (Å²) < 4.78 is 6.17. The fourth-order valence-corrected chi connectivity index (χ4v) is 2.90. The lowest BCUT2D eigenvalue weighted by atomic mass is 9.73. The van der Waals surface area contributed by atoms with Gasteiger partial charge >= 0.3 is 0 Å². The summed E-state index contributed by atoms with van der Waals surface area (Å²) in [5, 5.41) is 0.668. The summed E-state index contributed by atoms with van der Waals surface area (Å²) >= 11 is 9.55. The Morgan fingerprint density at radius 3 is 2.60 bits per heavy atom. The molecule has 0 atom stereocenters. The van der Waals surface area contributed by atoms with E-state index in [4.69, 9.17) is 22.1 Å². The molecular formula is C11H13BrClNO. The Labute approximate surface area is 103 Å². The summed E-state index contributed by atoms with van der Waals surface area (Å²) in [7, 11) is 1.63. The van der Waals surface area contributed by atoms with E-state index in [1.165, 1.54) is 6.42 Å². The van der Waals surface area contributed by atoms with E-state index in [2.05, 4.69) is 15.9 Å². The molecule has 1 aromatic rings. The summed E-state index contributed by atoms with van der Waals surface area (Å²) in [6.07, 6.45) is 3.20. The standard InChI is InChI=1S/C11H13BrClNO/c1-15-9-6-7(13)5-8(10(9)12)11(14)3-2-4-11/h5-6H,2-4,14H2,1H3. The fourth-order valence-electron chi connectivity index (χ4n) is 1.90. The van der Waals surface area contributed by atoms with E-state index in [1.807, 2.05) is 6.07 Å². The van der Waals surface area contributed by atoms with Gasteiger partial charge in [-0.25, -0.2) is 0 Å². The molecule has 2 N–H and O–H groups in total. The molecule has 2 nitrogen and oxygen atoms in total. The predicted molar refractivity (Wildman–Crippen MR) is 65.4 cm³/mol. The molecule has 0 unspecified atom stereocenters. The van der Waals surface area contributed by atoms with Crippen LogP contribution in [0.3, 0.4) is 0 Å². The van der Waals surface area contributed by atoms with Crippen LogP contribution in [0.1, 0.15) is 24.8 Å². The summed E-state index contributed by atoms with van der Waals surface area (Å²) in [5.41, 5.74) is 7.10. The maximum absolute atomic E-state index is 6.27. The SMILES string of the molecule is COc1cc(Cl)cc(C2(N)CCC2)c1Br. The highest BCUT2D eigenvalue weighted by Gasteiger charge is 2.36. The number of rotatable bonds is 2. The van der Waals surface area contributed by atoms with Crippen molar-refractivity contribution in [2.75, 3.05) is 7.11 Å². The van der Waals surface area contributed by atoms with Crippen molar-refractivity contribution in [1.82, 2.24) is 0 Å². The fraction of sp³-hybridized carbons (Fsp3) is 0.455. The Hall–Kier alpha value is -0.250. The van der Waals surface area contributed by atoms with Crippen LogP contribution in [0.4, 0.5) is 0 Å². The Balaban J connectivity index is 2.50. The minimum absolute atomic E-state index is 0.225. The van der Waals surface area contributed by atoms with Gasteiger partial charge < -0.3 is 10.5 Å². The third kappa shape index (κ3) is 1.88. The summed E-state index contributed by atoms with van der Waals surface area (Å²) in [4.78, 5) is 0. The largest absolute Gasteiger partial charge is 0.496 e. The molecule has 2 rings (SSSR count). The molecule has 1 saturated carbocycles. The molecule has 1 aliphatic carbocycles. The van der Waals surface area contributed by atoms with Crippen molar-refractivity contribution >= 4 is 27.5 Å². The second kappa shape index (κ2) is 3.96. The zero-order valence-corrected chi connectivity index (χ0v) is 10.9. The monoisotopic (exact) mass is 289 g/mol. The van der Waals surface area contributed by atoms with Crippen molar-refractivity contribution in [3.63, 3.8) is 0 Å². The molecule has 0 heterocycles. The molecule has 4 heteroatoms. The summed E-state index contributed by atoms with van der Waals surface area (Å²) in [6, 6.07) is 3.71. The Morgan fingerprint density at radius 1 is 1.47 bits per heavy atom. The normalized spacial score (nSPS) is 18.4. The van der Waals surface area contributed by atoms with Crippen molar-refractivity contribution in [1.29, 1.82) is 0 Å². The van der Waals surface area contributed by atoms with E-state index in [1.54, 1.807) is 13.2 Å². The summed E-state index contributed by atoms with van der Waals surface area (Å²) in [6.45, 7) is 0. The van der Waals surface area contributed by atoms with Crippen molar-refractivity contribution < 1.29 is 4.74 Å². The van der Waals surface area contributed by atoms with E-state index in [0.29, 0.717) is 5.02 Å². The summed E-state index contributed by atoms with van der Waals surface area (Å²) in [5.74, 6) is 0.745. The Bertz CT molecular complexity index is 390. The smallest absolute Gasteiger partial charge is 0.134 e. The van der Waals surface area contributed by atoms with E-state index in [-0.39, 0.29) is 5.54 Å². The molecule has 0 amide bonds. The number of hydrogen-bond acceptors (Lipinski definition) is 2. The lowest BCUT2D eigenvalue weighted by Crippen LogP contribution is -2.43. The van der Waals surface area contributed by atoms with Gasteiger partial charge in [0.2, 0.25) is 0 Å². The van der Waals surface area contributed by atoms with E-state index < -0.39 is 0 Å². The predicted octanol–water partition coefficient (Wildman–Crippen LogP) is 3.45. The molecule has 1 aromatic carbocycles. The minimum Gasteiger partial charge on any atom is -0.496 e. The first-order valence-corrected chi connectivity index (χ1v) is 6.06. The van der Waals surface area contributed by atoms with Crippen LogP contribution >= 0.6 is 27.5 Å². The lowest BCUT2D eigenvalue weighted by molar-refractivity contribution is 0.251. The number of ether oxygens (including phenoxy) is 1. The average molecular weight is 291 g/mol. The van der Waals surface area contributed by atoms with Gasteiger partial charge in [-0.05, 0) is 52.9 Å². The van der Waals surface area contributed by atoms with Crippen LogP contribution in [0.2, 0.25) is 5.02 Å². The van der Waals surface area contributed by atoms with Gasteiger partial charge in [0.1, 0.15) is 5.75 Å². The Kier molecular flexibility index (Phi) is 2.97. The van der Waals surface area contributed by atoms with Gasteiger partial charge in [0.15, 0.2) is 0 Å². The van der Waals surface area contributed by atoms with Crippen LogP contribution in [0.5, 0.6) is 5.75 Å². The third-order valence-electron chi connectivity index (χ3n) is 3.01. The van der Waals surface area contributed by atoms with Gasteiger partial charge in [-0.3, -0.25) is 0 Å². The molecule has 15 heavy (non-hydrogen) atoms. The molecular weight excluding hydrogens is 277 g/mol. The second-order valence-electron chi connectivity index (χ2n) is 3.98. The highest BCUT2D eigenvalue weighted by atomic mass is 79.9. The first-order valence-electron chi connectivity index (χ1n) is 4.89. The zero-order valence-electron chi connectivity index (χ0n) is 8.52. The molecule has 0 aliphatic heterocycles. The zero-order chi connectivity index (χ0) is 11.1. The van der Waals surface area contributed by atoms with Gasteiger partial charge in [-0.1, -0.05) is 11.6 Å². The van der Waals surface area contributed by atoms with Crippen LogP contribution in [0, 0.1) is 0 Å². The van der Waals surface area contributed by atoms with Gasteiger partial charge in [-0.15, -0.1) is 0 Å². The van der Waals surface area contributed by atoms with Crippen molar-refractivity contribution in [2.24, 2.45) is 5.73 Å². The minimum atomic E-state index is -0.225. The number of nitrogens with two attached hydrogens (primary N) is 1. The van der Waals surface area contributed by atoms with Gasteiger partial charge in [-0.2, -0.15) is 0 Å². The molecule has 1 fully saturated rings. The maximum atomic E-state index is 6.27. The van der Waals surface area contributed by atoms with Gasteiger partial charge in [0, 0.05) is 10.6 Å². The lowest BCUT2D eigenvalue weighted by Gasteiger charge is -2.39. The first-order chi connectivity index (χ1) is 7.07. The van der Waals surface area contributed by atoms with Crippen LogP contribution in [0.25, 0.3) is 0 Å². The van der Waals surface area contributed by atoms with Gasteiger partial charge in [0.05, 0.1) is 11.6 Å². The van der Waals surface area contributed by atoms with Crippen molar-refractivity contribution in [3.8, 4) is 5.75 Å². The van der Waals surface area contributed by atoms with Crippen LogP contribution in [0.15, 0.2) is 16.6 Å². The van der Waals surface area contributed by atoms with Gasteiger partial charge in [0.25, 0.3) is 0 Å². The topological polar surface area (TPSA) is 35.2 Å². The van der Waals surface area contributed by atoms with E-state index in [0.717, 1.165) is 28.6 Å². The third-order valence-corrected chi connectivity index (χ3v) is 4.04. The quantitative estimate of drug-likeness (QED) is 0.905. The second-order valence-corrected chi connectivity index (χ2v) is 5.21. The van der Waals surface area contributed by atoms with Crippen molar-refractivity contribution in [2.45, 2.75) is 24.8 Å². The Morgan fingerprint density at radius 2 is 2.13 bits per heavy atom. The number of methoxy groups -OCH3 is 1. The maximum Gasteiger partial charge on any atom is 0.134 e. The number of halogens is 2. The molecule has 82 valence electrons. The molecule has 0 bridgehead atoms. The van der Waals surface area contributed by atoms with Crippen LogP contribution < -0.4 is 10.5 Å². The molecule has 0 aromatic heterocycles. The van der Waals surface area contributed by atoms with Crippen molar-refractivity contribution in [3.05, 3.63) is 27.2 Å². The highest BCUT2D eigenvalue weighted by molar-refractivity contribution is 9.10. The molecule has 0 saturated heterocycles.